The molecule has 4 unspecified atom stereocenters. The Hall–Kier alpha value is -0.110. The first kappa shape index (κ1) is 21.1. The van der Waals surface area contributed by atoms with E-state index in [9.17, 15) is 13.2 Å². The van der Waals surface area contributed by atoms with Crippen molar-refractivity contribution >= 4 is 27.6 Å². The monoisotopic (exact) mass is 429 g/mol. The summed E-state index contributed by atoms with van der Waals surface area (Å²) in [4.78, 5) is 12.7. The quantitative estimate of drug-likeness (QED) is 0.673. The lowest BCUT2D eigenvalue weighted by Gasteiger charge is -2.37. The van der Waals surface area contributed by atoms with Gasteiger partial charge in [-0.15, -0.1) is 0 Å². The van der Waals surface area contributed by atoms with Crippen molar-refractivity contribution in [3.8, 4) is 0 Å². The molecule has 5 nitrogen and oxygen atoms in total. The van der Waals surface area contributed by atoms with E-state index in [1.165, 1.54) is 18.6 Å². The fraction of sp³-hybridized carbons (Fsp3) is 0.952. The largest absolute Gasteiger partial charge is 0.381 e. The highest BCUT2D eigenvalue weighted by Gasteiger charge is 2.65. The number of carbonyl (C=O) groups is 1. The zero-order valence-corrected chi connectivity index (χ0v) is 18.9. The number of thioether (sulfide) groups is 1. The van der Waals surface area contributed by atoms with E-state index in [0.29, 0.717) is 36.0 Å². The van der Waals surface area contributed by atoms with Gasteiger partial charge in [-0.05, 0) is 67.4 Å². The van der Waals surface area contributed by atoms with Gasteiger partial charge in [-0.25, -0.2) is 13.1 Å². The standard InChI is InChI=1S/C21H35NO4S2/c1-20(2)16-5-8-21(20,19(23)12-16)14-28(24,25)22-13-17(18-4-3-11-27-18)15-6-9-26-10-7-15/h15-18,22H,3-14H2,1-2H3. The zero-order valence-electron chi connectivity index (χ0n) is 17.2. The summed E-state index contributed by atoms with van der Waals surface area (Å²) in [6.45, 7) is 6.30. The van der Waals surface area contributed by atoms with E-state index in [1.54, 1.807) is 0 Å². The summed E-state index contributed by atoms with van der Waals surface area (Å²) in [6, 6.07) is 0. The first-order valence-electron chi connectivity index (χ1n) is 11.0. The van der Waals surface area contributed by atoms with Gasteiger partial charge in [0.2, 0.25) is 10.0 Å². The number of Topliss-reactive ketones (excluding diaryl/α,β-unsaturated/α-hetero) is 1. The molecule has 0 aromatic rings. The number of fused-ring (bicyclic) bond motifs is 2. The molecule has 2 saturated heterocycles. The molecule has 2 aliphatic heterocycles. The van der Waals surface area contributed by atoms with Crippen molar-refractivity contribution in [3.05, 3.63) is 0 Å². The number of hydrogen-bond donors (Lipinski definition) is 1. The third-order valence-electron chi connectivity index (χ3n) is 8.43. The van der Waals surface area contributed by atoms with E-state index < -0.39 is 15.4 Å². The highest BCUT2D eigenvalue weighted by Crippen LogP contribution is 2.64. The van der Waals surface area contributed by atoms with Gasteiger partial charge in [-0.2, -0.15) is 11.8 Å². The molecule has 2 bridgehead atoms. The first-order valence-corrected chi connectivity index (χ1v) is 13.7. The summed E-state index contributed by atoms with van der Waals surface area (Å²) < 4.78 is 34.7. The second-order valence-corrected chi connectivity index (χ2v) is 13.1. The molecule has 0 aromatic carbocycles. The van der Waals surface area contributed by atoms with Crippen molar-refractivity contribution < 1.29 is 17.9 Å². The van der Waals surface area contributed by atoms with Crippen LogP contribution < -0.4 is 4.72 Å². The van der Waals surface area contributed by atoms with E-state index in [-0.39, 0.29) is 17.0 Å². The molecule has 4 atom stereocenters. The van der Waals surface area contributed by atoms with E-state index in [4.69, 9.17) is 4.74 Å². The summed E-state index contributed by atoms with van der Waals surface area (Å²) in [6.07, 6.45) is 6.75. The molecule has 28 heavy (non-hydrogen) atoms. The maximum absolute atomic E-state index is 13.1. The van der Waals surface area contributed by atoms with Gasteiger partial charge in [-0.3, -0.25) is 4.79 Å². The number of rotatable bonds is 7. The minimum Gasteiger partial charge on any atom is -0.381 e. The summed E-state index contributed by atoms with van der Waals surface area (Å²) in [5.41, 5.74) is -0.889. The molecule has 0 spiro atoms. The Bertz CT molecular complexity index is 695. The van der Waals surface area contributed by atoms with Crippen molar-refractivity contribution in [2.75, 3.05) is 31.3 Å². The predicted molar refractivity (Wildman–Crippen MR) is 113 cm³/mol. The molecular weight excluding hydrogens is 394 g/mol. The summed E-state index contributed by atoms with van der Waals surface area (Å²) >= 11 is 2.01. The smallest absolute Gasteiger partial charge is 0.212 e. The molecule has 0 radical (unpaired) electrons. The third-order valence-corrected chi connectivity index (χ3v) is 11.4. The highest BCUT2D eigenvalue weighted by atomic mass is 32.2. The Labute approximate surface area is 174 Å². The minimum absolute atomic E-state index is 0.0271. The Morgan fingerprint density at radius 3 is 2.54 bits per heavy atom. The molecule has 2 heterocycles. The minimum atomic E-state index is -3.49. The van der Waals surface area contributed by atoms with E-state index >= 15 is 0 Å². The molecule has 1 N–H and O–H groups in total. The molecule has 0 amide bonds. The van der Waals surface area contributed by atoms with Gasteiger partial charge in [0.25, 0.3) is 0 Å². The van der Waals surface area contributed by atoms with Gasteiger partial charge in [-0.1, -0.05) is 13.8 Å². The SMILES string of the molecule is CC1(C)C2CCC1(CS(=O)(=O)NCC(C1CCOCC1)C1CCCS1)C(=O)C2. The Kier molecular flexibility index (Phi) is 5.93. The van der Waals surface area contributed by atoms with Crippen LogP contribution in [0.15, 0.2) is 0 Å². The van der Waals surface area contributed by atoms with Gasteiger partial charge < -0.3 is 4.74 Å². The average molecular weight is 430 g/mol. The van der Waals surface area contributed by atoms with Gasteiger partial charge in [0.05, 0.1) is 5.75 Å². The first-order chi connectivity index (χ1) is 13.3. The molecule has 0 aromatic heterocycles. The molecule has 4 aliphatic rings. The van der Waals surface area contributed by atoms with Crippen molar-refractivity contribution in [2.24, 2.45) is 28.6 Å². The molecule has 4 rings (SSSR count). The van der Waals surface area contributed by atoms with Crippen LogP contribution in [0, 0.1) is 28.6 Å². The summed E-state index contributed by atoms with van der Waals surface area (Å²) in [5.74, 6) is 2.58. The molecule has 2 aliphatic carbocycles. The maximum Gasteiger partial charge on any atom is 0.212 e. The van der Waals surface area contributed by atoms with Crippen LogP contribution in [0.5, 0.6) is 0 Å². The van der Waals surface area contributed by atoms with E-state index in [1.807, 2.05) is 11.8 Å². The van der Waals surface area contributed by atoms with Crippen LogP contribution in [-0.2, 0) is 19.6 Å². The number of ketones is 1. The molecular formula is C21H35NO4S2. The lowest BCUT2D eigenvalue weighted by atomic mass is 9.70. The van der Waals surface area contributed by atoms with E-state index in [0.717, 1.165) is 38.9 Å². The number of carbonyl (C=O) groups excluding carboxylic acids is 1. The zero-order chi connectivity index (χ0) is 20.0. The normalized spacial score (nSPS) is 36.9. The van der Waals surface area contributed by atoms with Crippen molar-refractivity contribution in [1.29, 1.82) is 0 Å². The second kappa shape index (κ2) is 7.86. The summed E-state index contributed by atoms with van der Waals surface area (Å²) in [5, 5.41) is 0.546. The fourth-order valence-electron chi connectivity index (χ4n) is 6.39. The molecule has 2 saturated carbocycles. The van der Waals surface area contributed by atoms with Crippen LogP contribution in [0.25, 0.3) is 0 Å². The third kappa shape index (κ3) is 3.69. The van der Waals surface area contributed by atoms with Crippen LogP contribution in [0.4, 0.5) is 0 Å². The Morgan fingerprint density at radius 1 is 1.21 bits per heavy atom. The fourth-order valence-corrected chi connectivity index (χ4v) is 9.80. The van der Waals surface area contributed by atoms with Crippen LogP contribution >= 0.6 is 11.8 Å². The summed E-state index contributed by atoms with van der Waals surface area (Å²) in [7, 11) is -3.49. The van der Waals surface area contributed by atoms with Crippen molar-refractivity contribution in [3.63, 3.8) is 0 Å². The molecule has 160 valence electrons. The number of sulfonamides is 1. The Balaban J connectivity index is 1.45. The van der Waals surface area contributed by atoms with Gasteiger partial charge >= 0.3 is 0 Å². The molecule has 4 fully saturated rings. The van der Waals surface area contributed by atoms with Gasteiger partial charge in [0.15, 0.2) is 0 Å². The molecule has 7 heteroatoms. The average Bonchev–Trinajstić information content (AvgIpc) is 3.29. The second-order valence-electron chi connectivity index (χ2n) is 9.94. The van der Waals surface area contributed by atoms with Gasteiger partial charge in [0, 0.05) is 36.8 Å². The lowest BCUT2D eigenvalue weighted by molar-refractivity contribution is -0.128. The number of ether oxygens (including phenoxy) is 1. The lowest BCUT2D eigenvalue weighted by Crippen LogP contribution is -2.47. The predicted octanol–water partition coefficient (Wildman–Crippen LogP) is 3.24. The van der Waals surface area contributed by atoms with Crippen molar-refractivity contribution in [1.82, 2.24) is 4.72 Å². The van der Waals surface area contributed by atoms with Crippen molar-refractivity contribution in [2.45, 2.75) is 64.0 Å². The number of nitrogens with one attached hydrogen (secondary N) is 1. The topological polar surface area (TPSA) is 72.5 Å². The van der Waals surface area contributed by atoms with Crippen LogP contribution in [0.1, 0.15) is 58.8 Å². The highest BCUT2D eigenvalue weighted by molar-refractivity contribution is 8.00. The van der Waals surface area contributed by atoms with Gasteiger partial charge in [0.1, 0.15) is 5.78 Å². The Morgan fingerprint density at radius 2 is 1.96 bits per heavy atom. The van der Waals surface area contributed by atoms with Crippen LogP contribution in [-0.4, -0.2) is 50.7 Å². The van der Waals surface area contributed by atoms with E-state index in [2.05, 4.69) is 18.6 Å². The maximum atomic E-state index is 13.1. The van der Waals surface area contributed by atoms with Crippen LogP contribution in [0.2, 0.25) is 0 Å². The van der Waals surface area contributed by atoms with Crippen LogP contribution in [0.3, 0.4) is 0 Å². The number of hydrogen-bond acceptors (Lipinski definition) is 5.